The van der Waals surface area contributed by atoms with Crippen LogP contribution in [0.2, 0.25) is 0 Å². The molecule has 1 atom stereocenters. The SMILES string of the molecule is CCCCOc1cc(/C=C(\C#N)C(=O)N[C@@H](C)c2ccccc2)ccc1OC. The first kappa shape index (κ1) is 21.0. The number of carbonyl (C=O) groups excluding carboxylic acids is 1. The predicted octanol–water partition coefficient (Wildman–Crippen LogP) is 4.66. The number of nitriles is 1. The molecule has 1 N–H and O–H groups in total. The Balaban J connectivity index is 2.17. The Morgan fingerprint density at radius 3 is 2.61 bits per heavy atom. The standard InChI is InChI=1S/C23H26N2O3/c1-4-5-13-28-22-15-18(11-12-21(22)27-3)14-20(16-24)23(26)25-17(2)19-9-7-6-8-10-19/h6-12,14-15,17H,4-5,13H2,1-3H3,(H,25,26)/b20-14+/t17-/m0/s1. The van der Waals surface area contributed by atoms with Crippen LogP contribution in [0.25, 0.3) is 6.08 Å². The van der Waals surface area contributed by atoms with Crippen LogP contribution in [0.1, 0.15) is 43.9 Å². The quantitative estimate of drug-likeness (QED) is 0.391. The van der Waals surface area contributed by atoms with Gasteiger partial charge < -0.3 is 14.8 Å². The van der Waals surface area contributed by atoms with E-state index in [2.05, 4.69) is 12.2 Å². The van der Waals surface area contributed by atoms with Gasteiger partial charge in [0.2, 0.25) is 0 Å². The molecule has 146 valence electrons. The number of hydrogen-bond acceptors (Lipinski definition) is 4. The fraction of sp³-hybridized carbons (Fsp3) is 0.304. The molecule has 0 aliphatic heterocycles. The molecule has 0 aliphatic carbocycles. The lowest BCUT2D eigenvalue weighted by Crippen LogP contribution is -2.27. The van der Waals surface area contributed by atoms with E-state index >= 15 is 0 Å². The lowest BCUT2D eigenvalue weighted by Gasteiger charge is -2.14. The van der Waals surface area contributed by atoms with Crippen molar-refractivity contribution in [1.82, 2.24) is 5.32 Å². The number of nitrogens with one attached hydrogen (secondary N) is 1. The molecule has 0 saturated carbocycles. The number of amides is 1. The van der Waals surface area contributed by atoms with Gasteiger partial charge in [-0.15, -0.1) is 0 Å². The number of benzene rings is 2. The number of carbonyl (C=O) groups is 1. The third-order valence-corrected chi connectivity index (χ3v) is 4.27. The maximum Gasteiger partial charge on any atom is 0.262 e. The highest BCUT2D eigenvalue weighted by Gasteiger charge is 2.14. The molecule has 0 aliphatic rings. The van der Waals surface area contributed by atoms with Gasteiger partial charge in [-0.2, -0.15) is 5.26 Å². The van der Waals surface area contributed by atoms with E-state index in [9.17, 15) is 10.1 Å². The molecule has 0 radical (unpaired) electrons. The van der Waals surface area contributed by atoms with Crippen LogP contribution < -0.4 is 14.8 Å². The first-order chi connectivity index (χ1) is 13.6. The van der Waals surface area contributed by atoms with Crippen molar-refractivity contribution in [3.05, 3.63) is 65.2 Å². The van der Waals surface area contributed by atoms with Gasteiger partial charge in [0.25, 0.3) is 5.91 Å². The third-order valence-electron chi connectivity index (χ3n) is 4.27. The van der Waals surface area contributed by atoms with Gasteiger partial charge in [0.05, 0.1) is 19.8 Å². The van der Waals surface area contributed by atoms with Crippen molar-refractivity contribution in [1.29, 1.82) is 5.26 Å². The summed E-state index contributed by atoms with van der Waals surface area (Å²) in [7, 11) is 1.58. The highest BCUT2D eigenvalue weighted by Crippen LogP contribution is 2.29. The Morgan fingerprint density at radius 2 is 1.96 bits per heavy atom. The molecule has 28 heavy (non-hydrogen) atoms. The van der Waals surface area contributed by atoms with Gasteiger partial charge >= 0.3 is 0 Å². The van der Waals surface area contributed by atoms with Gasteiger partial charge in [0, 0.05) is 0 Å². The van der Waals surface area contributed by atoms with Gasteiger partial charge in [0.15, 0.2) is 11.5 Å². The minimum Gasteiger partial charge on any atom is -0.493 e. The zero-order chi connectivity index (χ0) is 20.4. The van der Waals surface area contributed by atoms with Crippen LogP contribution in [0.15, 0.2) is 54.1 Å². The van der Waals surface area contributed by atoms with Gasteiger partial charge in [0.1, 0.15) is 11.6 Å². The van der Waals surface area contributed by atoms with E-state index in [0.717, 1.165) is 18.4 Å². The van der Waals surface area contributed by atoms with Crippen LogP contribution in [0.3, 0.4) is 0 Å². The fourth-order valence-electron chi connectivity index (χ4n) is 2.64. The Morgan fingerprint density at radius 1 is 1.21 bits per heavy atom. The number of hydrogen-bond donors (Lipinski definition) is 1. The van der Waals surface area contributed by atoms with Crippen LogP contribution in [-0.4, -0.2) is 19.6 Å². The monoisotopic (exact) mass is 378 g/mol. The van der Waals surface area contributed by atoms with E-state index < -0.39 is 5.91 Å². The minimum absolute atomic E-state index is 0.0347. The summed E-state index contributed by atoms with van der Waals surface area (Å²) in [4.78, 5) is 12.5. The molecule has 0 saturated heterocycles. The summed E-state index contributed by atoms with van der Waals surface area (Å²) < 4.78 is 11.1. The summed E-state index contributed by atoms with van der Waals surface area (Å²) in [5.41, 5.74) is 1.71. The van der Waals surface area contributed by atoms with E-state index in [1.807, 2.05) is 43.3 Å². The van der Waals surface area contributed by atoms with Crippen molar-refractivity contribution in [3.8, 4) is 17.6 Å². The smallest absolute Gasteiger partial charge is 0.262 e. The van der Waals surface area contributed by atoms with Gasteiger partial charge in [-0.1, -0.05) is 49.7 Å². The number of nitrogens with zero attached hydrogens (tertiary/aromatic N) is 1. The first-order valence-electron chi connectivity index (χ1n) is 9.37. The number of unbranched alkanes of at least 4 members (excludes halogenated alkanes) is 1. The molecular weight excluding hydrogens is 352 g/mol. The summed E-state index contributed by atoms with van der Waals surface area (Å²) in [6.45, 7) is 4.56. The molecular formula is C23H26N2O3. The first-order valence-corrected chi connectivity index (χ1v) is 9.37. The second kappa shape index (κ2) is 10.8. The van der Waals surface area contributed by atoms with E-state index in [-0.39, 0.29) is 11.6 Å². The van der Waals surface area contributed by atoms with Crippen molar-refractivity contribution in [3.63, 3.8) is 0 Å². The van der Waals surface area contributed by atoms with Gasteiger partial charge in [-0.25, -0.2) is 0 Å². The summed E-state index contributed by atoms with van der Waals surface area (Å²) in [6.07, 6.45) is 3.52. The lowest BCUT2D eigenvalue weighted by atomic mass is 10.1. The van der Waals surface area contributed by atoms with Crippen LogP contribution >= 0.6 is 0 Å². The van der Waals surface area contributed by atoms with E-state index in [1.165, 1.54) is 0 Å². The molecule has 0 bridgehead atoms. The lowest BCUT2D eigenvalue weighted by molar-refractivity contribution is -0.117. The second-order valence-electron chi connectivity index (χ2n) is 6.39. The number of methoxy groups -OCH3 is 1. The molecule has 0 spiro atoms. The maximum atomic E-state index is 12.5. The van der Waals surface area contributed by atoms with Gasteiger partial charge in [-0.05, 0) is 42.7 Å². The average Bonchev–Trinajstić information content (AvgIpc) is 2.72. The maximum absolute atomic E-state index is 12.5. The highest BCUT2D eigenvalue weighted by molar-refractivity contribution is 6.01. The predicted molar refractivity (Wildman–Crippen MR) is 110 cm³/mol. The van der Waals surface area contributed by atoms with Crippen molar-refractivity contribution < 1.29 is 14.3 Å². The summed E-state index contributed by atoms with van der Waals surface area (Å²) in [6, 6.07) is 16.7. The minimum atomic E-state index is -0.414. The molecule has 2 aromatic carbocycles. The molecule has 2 rings (SSSR count). The molecule has 5 nitrogen and oxygen atoms in total. The van der Waals surface area contributed by atoms with Crippen molar-refractivity contribution in [2.24, 2.45) is 0 Å². The highest BCUT2D eigenvalue weighted by atomic mass is 16.5. The third kappa shape index (κ3) is 5.88. The fourth-order valence-corrected chi connectivity index (χ4v) is 2.64. The van der Waals surface area contributed by atoms with Gasteiger partial charge in [-0.3, -0.25) is 4.79 Å². The van der Waals surface area contributed by atoms with Crippen LogP contribution in [0.5, 0.6) is 11.5 Å². The average molecular weight is 378 g/mol. The van der Waals surface area contributed by atoms with Crippen molar-refractivity contribution >= 4 is 12.0 Å². The van der Waals surface area contributed by atoms with E-state index in [0.29, 0.717) is 23.7 Å². The number of rotatable bonds is 9. The van der Waals surface area contributed by atoms with Crippen molar-refractivity contribution in [2.45, 2.75) is 32.7 Å². The van der Waals surface area contributed by atoms with Crippen LogP contribution in [0, 0.1) is 11.3 Å². The Bertz CT molecular complexity index is 854. The Hall–Kier alpha value is -3.26. The second-order valence-corrected chi connectivity index (χ2v) is 6.39. The Labute approximate surface area is 166 Å². The van der Waals surface area contributed by atoms with E-state index in [1.54, 1.807) is 31.4 Å². The molecule has 1 amide bonds. The molecule has 5 heteroatoms. The van der Waals surface area contributed by atoms with Crippen LogP contribution in [0.4, 0.5) is 0 Å². The largest absolute Gasteiger partial charge is 0.493 e. The number of ether oxygens (including phenoxy) is 2. The molecule has 2 aromatic rings. The molecule has 0 fully saturated rings. The van der Waals surface area contributed by atoms with Crippen molar-refractivity contribution in [2.75, 3.05) is 13.7 Å². The zero-order valence-corrected chi connectivity index (χ0v) is 16.6. The zero-order valence-electron chi connectivity index (χ0n) is 16.6. The Kier molecular flexibility index (Phi) is 8.11. The normalized spacial score (nSPS) is 12.0. The molecule has 0 heterocycles. The summed E-state index contributed by atoms with van der Waals surface area (Å²) >= 11 is 0. The summed E-state index contributed by atoms with van der Waals surface area (Å²) in [5.74, 6) is 0.803. The molecule has 0 unspecified atom stereocenters. The van der Waals surface area contributed by atoms with E-state index in [4.69, 9.17) is 9.47 Å². The summed E-state index contributed by atoms with van der Waals surface area (Å²) in [5, 5.41) is 12.3. The van der Waals surface area contributed by atoms with Crippen LogP contribution in [-0.2, 0) is 4.79 Å². The topological polar surface area (TPSA) is 71.3 Å². The molecule has 0 aromatic heterocycles.